The summed E-state index contributed by atoms with van der Waals surface area (Å²) in [5, 5.41) is 28.7. The largest absolute Gasteiger partial charge is 0.489 e. The first kappa shape index (κ1) is 31.4. The number of benzene rings is 1. The average Bonchev–Trinajstić information content (AvgIpc) is 2.82. The minimum absolute atomic E-state index is 0.0220. The highest BCUT2D eigenvalue weighted by Gasteiger charge is 2.37. The molecule has 2 atom stereocenters. The lowest BCUT2D eigenvalue weighted by molar-refractivity contribution is 0.0247. The van der Waals surface area contributed by atoms with E-state index in [-0.39, 0.29) is 25.2 Å². The zero-order chi connectivity index (χ0) is 28.6. The molecular weight excluding hydrogens is 520 g/mol. The van der Waals surface area contributed by atoms with Crippen LogP contribution in [0.2, 0.25) is 5.02 Å². The van der Waals surface area contributed by atoms with Gasteiger partial charge in [0.1, 0.15) is 11.4 Å². The van der Waals surface area contributed by atoms with Crippen molar-refractivity contribution in [1.82, 2.24) is 10.6 Å². The van der Waals surface area contributed by atoms with E-state index < -0.39 is 23.3 Å². The number of aliphatic hydroxyl groups is 2. The van der Waals surface area contributed by atoms with Crippen LogP contribution < -0.4 is 25.8 Å². The van der Waals surface area contributed by atoms with Gasteiger partial charge in [0.15, 0.2) is 5.88 Å². The third-order valence-electron chi connectivity index (χ3n) is 7.14. The second-order valence-electron chi connectivity index (χ2n) is 12.0. The molecule has 1 aliphatic heterocycles. The minimum Gasteiger partial charge on any atom is -0.489 e. The van der Waals surface area contributed by atoms with Gasteiger partial charge in [0.05, 0.1) is 30.4 Å². The van der Waals surface area contributed by atoms with Gasteiger partial charge in [-0.1, -0.05) is 31.0 Å². The van der Waals surface area contributed by atoms with Crippen molar-refractivity contribution < 1.29 is 29.2 Å². The molecule has 1 aromatic rings. The Bertz CT molecular complexity index is 1080. The first-order valence-electron chi connectivity index (χ1n) is 14.4. The van der Waals surface area contributed by atoms with Crippen LogP contribution in [-0.2, 0) is 9.47 Å². The van der Waals surface area contributed by atoms with Crippen molar-refractivity contribution in [3.05, 3.63) is 27.6 Å². The second-order valence-corrected chi connectivity index (χ2v) is 12.4. The quantitative estimate of drug-likeness (QED) is 0.316. The summed E-state index contributed by atoms with van der Waals surface area (Å²) in [6.07, 6.45) is 7.42. The van der Waals surface area contributed by atoms with E-state index in [9.17, 15) is 15.0 Å². The van der Waals surface area contributed by atoms with E-state index in [1.165, 1.54) is 0 Å². The molecule has 1 heterocycles. The average molecular weight is 567 g/mol. The maximum Gasteiger partial charge on any atom is 0.408 e. The number of amides is 1. The highest BCUT2D eigenvalue weighted by Crippen LogP contribution is 2.33. The summed E-state index contributed by atoms with van der Waals surface area (Å²) in [7, 11) is 0. The van der Waals surface area contributed by atoms with Gasteiger partial charge in [0, 0.05) is 16.8 Å². The van der Waals surface area contributed by atoms with Gasteiger partial charge < -0.3 is 35.1 Å². The molecule has 2 unspecified atom stereocenters. The van der Waals surface area contributed by atoms with Crippen molar-refractivity contribution in [3.63, 3.8) is 0 Å². The Hall–Kier alpha value is -2.16. The number of carbonyl (C=O) groups is 1. The molecule has 0 saturated heterocycles. The molecule has 1 fully saturated rings. The van der Waals surface area contributed by atoms with Gasteiger partial charge in [-0.3, -0.25) is 0 Å². The van der Waals surface area contributed by atoms with Crippen molar-refractivity contribution in [2.24, 2.45) is 0 Å². The van der Waals surface area contributed by atoms with Crippen molar-refractivity contribution >= 4 is 29.7 Å². The van der Waals surface area contributed by atoms with Gasteiger partial charge in [-0.05, 0) is 96.4 Å². The van der Waals surface area contributed by atoms with Gasteiger partial charge in [-0.2, -0.15) is 0 Å². The van der Waals surface area contributed by atoms with Crippen molar-refractivity contribution in [3.8, 4) is 5.75 Å². The van der Waals surface area contributed by atoms with Crippen LogP contribution in [0.3, 0.4) is 0 Å². The van der Waals surface area contributed by atoms with Crippen LogP contribution in [-0.4, -0.2) is 58.9 Å². The van der Waals surface area contributed by atoms with Crippen molar-refractivity contribution in [2.75, 3.05) is 13.2 Å². The fraction of sp³-hybridized carbons (Fsp3) is 0.700. The Balaban J connectivity index is 1.72. The molecule has 1 aliphatic carbocycles. The molecule has 8 nitrogen and oxygen atoms in total. The van der Waals surface area contributed by atoms with Gasteiger partial charge in [0.2, 0.25) is 0 Å². The molecule has 4 N–H and O–H groups in total. The van der Waals surface area contributed by atoms with Crippen LogP contribution in [0.1, 0.15) is 92.4 Å². The summed E-state index contributed by atoms with van der Waals surface area (Å²) in [5.74, 6) is 1.42. The van der Waals surface area contributed by atoms with E-state index in [0.717, 1.165) is 54.8 Å². The van der Waals surface area contributed by atoms with E-state index in [1.807, 2.05) is 32.9 Å². The Morgan fingerprint density at radius 3 is 2.56 bits per heavy atom. The number of hydrogen-bond acceptors (Lipinski definition) is 7. The number of halogens is 1. The zero-order valence-electron chi connectivity index (χ0n) is 24.1. The summed E-state index contributed by atoms with van der Waals surface area (Å²) in [6.45, 7) is 9.99. The fourth-order valence-corrected chi connectivity index (χ4v) is 5.55. The highest BCUT2D eigenvalue weighted by molar-refractivity contribution is 6.32. The molecule has 3 rings (SSSR count). The predicted molar refractivity (Wildman–Crippen MR) is 154 cm³/mol. The lowest BCUT2D eigenvalue weighted by Gasteiger charge is -2.39. The van der Waals surface area contributed by atoms with Gasteiger partial charge in [-0.15, -0.1) is 0 Å². The molecule has 1 aromatic carbocycles. The fourth-order valence-electron chi connectivity index (χ4n) is 5.35. The molecule has 0 bridgehead atoms. The molecule has 1 saturated carbocycles. The predicted octanol–water partition coefficient (Wildman–Crippen LogP) is 4.10. The minimum atomic E-state index is -0.915. The monoisotopic (exact) mass is 566 g/mol. The molecule has 39 heavy (non-hydrogen) atoms. The molecule has 0 radical (unpaired) electrons. The molecule has 9 heteroatoms. The lowest BCUT2D eigenvalue weighted by Crippen LogP contribution is -2.52. The number of aliphatic hydroxyl groups excluding tert-OH is 2. The number of fused-ring (bicyclic) bond motifs is 1. The van der Waals surface area contributed by atoms with Crippen LogP contribution in [0, 0.1) is 0 Å². The van der Waals surface area contributed by atoms with Gasteiger partial charge in [-0.25, -0.2) is 4.79 Å². The third-order valence-corrected chi connectivity index (χ3v) is 7.44. The van der Waals surface area contributed by atoms with E-state index in [0.29, 0.717) is 30.2 Å². The van der Waals surface area contributed by atoms with Crippen LogP contribution in [0.5, 0.6) is 5.75 Å². The number of alkyl carbamates (subject to hydrolysis) is 1. The van der Waals surface area contributed by atoms with E-state index in [4.69, 9.17) is 25.8 Å². The van der Waals surface area contributed by atoms with Crippen molar-refractivity contribution in [1.29, 1.82) is 0 Å². The summed E-state index contributed by atoms with van der Waals surface area (Å²) < 4.78 is 18.0. The Kier molecular flexibility index (Phi) is 11.2. The van der Waals surface area contributed by atoms with Crippen LogP contribution in [0.15, 0.2) is 12.1 Å². The number of hydrogen-bond donors (Lipinski definition) is 4. The Labute approximate surface area is 237 Å². The summed E-state index contributed by atoms with van der Waals surface area (Å²) in [5.41, 5.74) is -1.28. The van der Waals surface area contributed by atoms with E-state index >= 15 is 0 Å². The number of nitrogens with one attached hydrogen (secondary N) is 2. The van der Waals surface area contributed by atoms with Crippen LogP contribution in [0.25, 0.3) is 12.0 Å². The molecule has 2 aliphatic rings. The maximum absolute atomic E-state index is 12.6. The number of ether oxygens (including phenoxy) is 3. The molecule has 0 aromatic heterocycles. The number of carbonyl (C=O) groups excluding carboxylic acids is 1. The van der Waals surface area contributed by atoms with Crippen LogP contribution in [0.4, 0.5) is 4.79 Å². The van der Waals surface area contributed by atoms with Crippen LogP contribution >= 0.6 is 11.6 Å². The first-order chi connectivity index (χ1) is 18.4. The topological polar surface area (TPSA) is 109 Å². The zero-order valence-corrected chi connectivity index (χ0v) is 24.9. The maximum atomic E-state index is 12.6. The normalized spacial score (nSPS) is 24.3. The van der Waals surface area contributed by atoms with E-state index in [2.05, 4.69) is 30.6 Å². The lowest BCUT2D eigenvalue weighted by atomic mass is 9.79. The molecule has 1 amide bonds. The Morgan fingerprint density at radius 2 is 1.95 bits per heavy atom. The highest BCUT2D eigenvalue weighted by atomic mass is 35.5. The SMILES string of the molecule is CCCCOC1=c2cc(Cl)c(OC3CCCC(CC(O)CO)(NC(=O)OC(C)(C)C)CCC3)cc2=CC(C)N1. The standard InChI is InChI=1S/C30H47ClN2O6/c1-6-7-14-37-27-24-17-25(31)26(16-21(24)15-20(2)32-27)38-23-10-8-12-30(13-9-11-23,18-22(35)19-34)33-28(36)39-29(3,4)5/h15-17,20,22-23,32,34-35H,6-14,18-19H2,1-5H3,(H,33,36). The van der Waals surface area contributed by atoms with Gasteiger partial charge in [0.25, 0.3) is 0 Å². The third kappa shape index (κ3) is 9.47. The smallest absolute Gasteiger partial charge is 0.408 e. The molecule has 220 valence electrons. The number of unbranched alkanes of at least 4 members (excludes halogenated alkanes) is 1. The number of rotatable bonds is 10. The first-order valence-corrected chi connectivity index (χ1v) is 14.7. The molecular formula is C30H47ClN2O6. The summed E-state index contributed by atoms with van der Waals surface area (Å²) in [4.78, 5) is 12.6. The second kappa shape index (κ2) is 14.0. The molecule has 0 spiro atoms. The van der Waals surface area contributed by atoms with Gasteiger partial charge >= 0.3 is 6.09 Å². The summed E-state index contributed by atoms with van der Waals surface area (Å²) >= 11 is 6.70. The van der Waals surface area contributed by atoms with Crippen molar-refractivity contribution in [2.45, 2.75) is 122 Å². The summed E-state index contributed by atoms with van der Waals surface area (Å²) in [6, 6.07) is 4.05. The van der Waals surface area contributed by atoms with E-state index in [1.54, 1.807) is 0 Å². The Morgan fingerprint density at radius 1 is 1.26 bits per heavy atom.